The molecule has 208 valence electrons. The molecule has 0 spiro atoms. The van der Waals surface area contributed by atoms with Crippen molar-refractivity contribution in [2.75, 3.05) is 31.2 Å². The van der Waals surface area contributed by atoms with Gasteiger partial charge in [0.1, 0.15) is 17.2 Å². The zero-order chi connectivity index (χ0) is 28.3. The molecule has 0 bridgehead atoms. The molecular weight excluding hydrogens is 531 g/mol. The van der Waals surface area contributed by atoms with E-state index in [1.165, 1.54) is 36.2 Å². The van der Waals surface area contributed by atoms with Crippen LogP contribution in [0.3, 0.4) is 0 Å². The fourth-order valence-electron chi connectivity index (χ4n) is 3.83. The molecule has 12 nitrogen and oxygen atoms in total. The highest BCUT2D eigenvalue weighted by molar-refractivity contribution is 7.90. The first-order valence-electron chi connectivity index (χ1n) is 11.8. The Bertz CT molecular complexity index is 1650. The first kappa shape index (κ1) is 28.0. The standard InChI is InChI=1S/C25H29FN6O6S/c1-27-39(35,36)30-20-7-5-6-15(23(20)26)12-18-19(14-28-22-10-11-32(4)29-22)17-9-8-16(37-25(34)31(2)3)13-21(17)38-24(18)33/h5-11,13,25,27,30,34H,12,14H2,1-4H3,(H,28,29). The highest BCUT2D eigenvalue weighted by atomic mass is 32.2. The summed E-state index contributed by atoms with van der Waals surface area (Å²) in [5.41, 5.74) is 0.0486. The topological polar surface area (TPSA) is 151 Å². The number of hydrogen-bond donors (Lipinski definition) is 4. The number of benzene rings is 2. The lowest BCUT2D eigenvalue weighted by Crippen LogP contribution is -2.32. The van der Waals surface area contributed by atoms with Crippen LogP contribution in [-0.2, 0) is 30.2 Å². The summed E-state index contributed by atoms with van der Waals surface area (Å²) in [6.45, 7) is 0.155. The summed E-state index contributed by atoms with van der Waals surface area (Å²) >= 11 is 0. The molecule has 0 saturated carbocycles. The number of halogens is 1. The zero-order valence-electron chi connectivity index (χ0n) is 21.7. The van der Waals surface area contributed by atoms with Crippen LogP contribution >= 0.6 is 0 Å². The number of hydrogen-bond acceptors (Lipinski definition) is 9. The van der Waals surface area contributed by atoms with E-state index in [4.69, 9.17) is 9.15 Å². The summed E-state index contributed by atoms with van der Waals surface area (Å²) in [7, 11) is 2.28. The minimum atomic E-state index is -3.96. The van der Waals surface area contributed by atoms with Gasteiger partial charge >= 0.3 is 5.63 Å². The predicted octanol–water partition coefficient (Wildman–Crippen LogP) is 1.96. The van der Waals surface area contributed by atoms with Crippen molar-refractivity contribution in [1.82, 2.24) is 19.4 Å². The molecule has 0 radical (unpaired) electrons. The van der Waals surface area contributed by atoms with E-state index in [1.807, 2.05) is 0 Å². The van der Waals surface area contributed by atoms with Gasteiger partial charge in [-0.1, -0.05) is 12.1 Å². The van der Waals surface area contributed by atoms with E-state index in [9.17, 15) is 18.3 Å². The van der Waals surface area contributed by atoms with Gasteiger partial charge in [0.2, 0.25) is 0 Å². The van der Waals surface area contributed by atoms with Crippen LogP contribution in [0, 0.1) is 5.82 Å². The number of ether oxygens (including phenoxy) is 1. The monoisotopic (exact) mass is 560 g/mol. The van der Waals surface area contributed by atoms with Crippen LogP contribution in [0.5, 0.6) is 5.75 Å². The van der Waals surface area contributed by atoms with Crippen LogP contribution in [0.25, 0.3) is 11.0 Å². The summed E-state index contributed by atoms with van der Waals surface area (Å²) in [4.78, 5) is 14.7. The Morgan fingerprint density at radius 1 is 1.21 bits per heavy atom. The van der Waals surface area contributed by atoms with Crippen LogP contribution in [0.15, 0.2) is 57.9 Å². The van der Waals surface area contributed by atoms with E-state index in [0.717, 1.165) is 0 Å². The molecule has 0 amide bonds. The van der Waals surface area contributed by atoms with E-state index >= 15 is 4.39 Å². The molecule has 0 fully saturated rings. The number of aliphatic hydroxyl groups is 1. The lowest BCUT2D eigenvalue weighted by Gasteiger charge is -2.20. The van der Waals surface area contributed by atoms with Gasteiger partial charge in [-0.3, -0.25) is 14.3 Å². The molecule has 1 atom stereocenters. The van der Waals surface area contributed by atoms with Gasteiger partial charge in [0.05, 0.1) is 5.69 Å². The summed E-state index contributed by atoms with van der Waals surface area (Å²) < 4.78 is 56.0. The number of aryl methyl sites for hydroxylation is 1. The van der Waals surface area contributed by atoms with Crippen LogP contribution in [0.4, 0.5) is 15.9 Å². The second kappa shape index (κ2) is 11.4. The Labute approximate surface area is 224 Å². The van der Waals surface area contributed by atoms with E-state index in [2.05, 4.69) is 19.9 Å². The van der Waals surface area contributed by atoms with Crippen molar-refractivity contribution in [3.63, 3.8) is 0 Å². The normalized spacial score (nSPS) is 12.6. The second-order valence-corrected chi connectivity index (χ2v) is 10.5. The molecule has 4 N–H and O–H groups in total. The minimum absolute atomic E-state index is 0.0890. The van der Waals surface area contributed by atoms with Crippen LogP contribution < -0.4 is 25.1 Å². The quantitative estimate of drug-likeness (QED) is 0.159. The molecule has 1 unspecified atom stereocenters. The number of rotatable bonds is 11. The van der Waals surface area contributed by atoms with Crippen molar-refractivity contribution in [1.29, 1.82) is 0 Å². The van der Waals surface area contributed by atoms with Crippen molar-refractivity contribution in [2.45, 2.75) is 19.4 Å². The van der Waals surface area contributed by atoms with Crippen LogP contribution in [-0.4, -0.2) is 55.8 Å². The fourth-order valence-corrected chi connectivity index (χ4v) is 4.38. The fraction of sp³-hybridized carbons (Fsp3) is 0.280. The Morgan fingerprint density at radius 3 is 2.64 bits per heavy atom. The van der Waals surface area contributed by atoms with Gasteiger partial charge < -0.3 is 19.6 Å². The van der Waals surface area contributed by atoms with Gasteiger partial charge in [-0.2, -0.15) is 13.5 Å². The summed E-state index contributed by atoms with van der Waals surface area (Å²) in [5, 5.41) is 18.1. The average molecular weight is 561 g/mol. The molecule has 0 saturated heterocycles. The van der Waals surface area contributed by atoms with Gasteiger partial charge in [0.25, 0.3) is 16.6 Å². The van der Waals surface area contributed by atoms with E-state index < -0.39 is 28.1 Å². The van der Waals surface area contributed by atoms with Gasteiger partial charge in [0.15, 0.2) is 5.82 Å². The Morgan fingerprint density at radius 2 is 1.97 bits per heavy atom. The zero-order valence-corrected chi connectivity index (χ0v) is 22.5. The SMILES string of the molecule is CNS(=O)(=O)Nc1cccc(Cc2c(CNc3ccn(C)n3)c3ccc(OC(O)N(C)C)cc3oc2=O)c1F. The highest BCUT2D eigenvalue weighted by Crippen LogP contribution is 2.28. The van der Waals surface area contributed by atoms with Crippen molar-refractivity contribution in [2.24, 2.45) is 7.05 Å². The largest absolute Gasteiger partial charge is 0.451 e. The summed E-state index contributed by atoms with van der Waals surface area (Å²) in [6.07, 6.45) is 0.373. The van der Waals surface area contributed by atoms with Crippen molar-refractivity contribution in [3.05, 3.63) is 81.6 Å². The van der Waals surface area contributed by atoms with E-state index in [1.54, 1.807) is 50.2 Å². The molecule has 39 heavy (non-hydrogen) atoms. The summed E-state index contributed by atoms with van der Waals surface area (Å²) in [6, 6.07) is 10.8. The van der Waals surface area contributed by atoms with Gasteiger partial charge in [0, 0.05) is 56.3 Å². The molecule has 0 aliphatic rings. The number of anilines is 2. The molecule has 4 rings (SSSR count). The van der Waals surface area contributed by atoms with Gasteiger partial charge in [-0.05, 0) is 43.4 Å². The van der Waals surface area contributed by atoms with Crippen molar-refractivity contribution >= 4 is 32.7 Å². The minimum Gasteiger partial charge on any atom is -0.451 e. The third kappa shape index (κ3) is 6.54. The third-order valence-corrected chi connectivity index (χ3v) is 6.92. The molecule has 2 aromatic heterocycles. The second-order valence-electron chi connectivity index (χ2n) is 8.91. The Hall–Kier alpha value is -3.98. The molecule has 2 heterocycles. The maximum atomic E-state index is 15.3. The smallest absolute Gasteiger partial charge is 0.340 e. The van der Waals surface area contributed by atoms with Crippen LogP contribution in [0.1, 0.15) is 16.7 Å². The Balaban J connectivity index is 1.78. The number of nitrogens with zero attached hydrogens (tertiary/aromatic N) is 3. The number of nitrogens with one attached hydrogen (secondary N) is 3. The van der Waals surface area contributed by atoms with Crippen LogP contribution in [0.2, 0.25) is 0 Å². The van der Waals surface area contributed by atoms with Gasteiger partial charge in [-0.25, -0.2) is 13.9 Å². The lowest BCUT2D eigenvalue weighted by molar-refractivity contribution is -0.114. The number of aromatic nitrogens is 2. The molecule has 4 aromatic rings. The first-order chi connectivity index (χ1) is 18.5. The predicted molar refractivity (Wildman–Crippen MR) is 144 cm³/mol. The molecule has 0 aliphatic heterocycles. The molecule has 14 heteroatoms. The van der Waals surface area contributed by atoms with Crippen molar-refractivity contribution in [3.8, 4) is 5.75 Å². The van der Waals surface area contributed by atoms with Gasteiger partial charge in [-0.15, -0.1) is 0 Å². The Kier molecular flexibility index (Phi) is 8.20. The maximum Gasteiger partial charge on any atom is 0.340 e. The molecule has 2 aromatic carbocycles. The lowest BCUT2D eigenvalue weighted by atomic mass is 9.97. The first-order valence-corrected chi connectivity index (χ1v) is 13.3. The number of aliphatic hydroxyl groups excluding tert-OH is 1. The van der Waals surface area contributed by atoms with E-state index in [0.29, 0.717) is 16.8 Å². The third-order valence-electron chi connectivity index (χ3n) is 5.89. The average Bonchev–Trinajstić information content (AvgIpc) is 3.30. The summed E-state index contributed by atoms with van der Waals surface area (Å²) in [5.74, 6) is 0.0215. The molecule has 0 aliphatic carbocycles. The number of fused-ring (bicyclic) bond motifs is 1. The van der Waals surface area contributed by atoms with E-state index in [-0.39, 0.29) is 41.1 Å². The van der Waals surface area contributed by atoms with Crippen molar-refractivity contribution < 1.29 is 27.1 Å². The molecular formula is C25H29FN6O6S. The highest BCUT2D eigenvalue weighted by Gasteiger charge is 2.20. The maximum absolute atomic E-state index is 15.3.